The molecule has 1 aromatic heterocycles. The zero-order valence-electron chi connectivity index (χ0n) is 13.5. The van der Waals surface area contributed by atoms with Gasteiger partial charge in [-0.15, -0.1) is 0 Å². The number of nitriles is 1. The first-order valence-electron chi connectivity index (χ1n) is 7.31. The Morgan fingerprint density at radius 2 is 2.04 bits per heavy atom. The second-order valence-electron chi connectivity index (χ2n) is 5.82. The zero-order valence-corrected chi connectivity index (χ0v) is 13.5. The Morgan fingerprint density at radius 1 is 1.38 bits per heavy atom. The molecule has 0 radical (unpaired) electrons. The molecule has 0 aliphatic heterocycles. The summed E-state index contributed by atoms with van der Waals surface area (Å²) < 4.78 is 4.69. The van der Waals surface area contributed by atoms with Crippen LogP contribution in [0.4, 0.5) is 4.79 Å². The number of nitrogens with zero attached hydrogens (tertiary/aromatic N) is 2. The van der Waals surface area contributed by atoms with Crippen molar-refractivity contribution < 1.29 is 19.4 Å². The fraction of sp³-hybridized carbons (Fsp3) is 0.294. The molecule has 24 heavy (non-hydrogen) atoms. The van der Waals surface area contributed by atoms with E-state index >= 15 is 0 Å². The molecule has 1 atom stereocenters. The van der Waals surface area contributed by atoms with E-state index in [-0.39, 0.29) is 17.4 Å². The molecule has 0 saturated heterocycles. The van der Waals surface area contributed by atoms with E-state index in [2.05, 4.69) is 16.4 Å². The molecule has 7 nitrogen and oxygen atoms in total. The van der Waals surface area contributed by atoms with Gasteiger partial charge in [-0.2, -0.15) is 5.26 Å². The Labute approximate surface area is 138 Å². The number of rotatable bonds is 4. The van der Waals surface area contributed by atoms with Crippen LogP contribution in [0, 0.1) is 17.2 Å². The summed E-state index contributed by atoms with van der Waals surface area (Å²) in [5.41, 5.74) is -0.785. The van der Waals surface area contributed by atoms with Gasteiger partial charge in [-0.25, -0.2) is 9.78 Å². The SMILES string of the molecule is CC(C)C(C)(C#N)NC(=O)c1nc2ccccc2cc1OC(=O)O. The smallest absolute Gasteiger partial charge is 0.449 e. The molecule has 0 saturated carbocycles. The van der Waals surface area contributed by atoms with E-state index < -0.39 is 17.6 Å². The van der Waals surface area contributed by atoms with Crippen LogP contribution in [0.2, 0.25) is 0 Å². The van der Waals surface area contributed by atoms with Gasteiger partial charge in [0.15, 0.2) is 11.4 Å². The molecule has 7 heteroatoms. The van der Waals surface area contributed by atoms with E-state index in [1.165, 1.54) is 6.07 Å². The number of benzene rings is 1. The maximum atomic E-state index is 12.6. The van der Waals surface area contributed by atoms with E-state index in [4.69, 9.17) is 9.84 Å². The first-order chi connectivity index (χ1) is 11.3. The maximum Gasteiger partial charge on any atom is 0.511 e. The number of fused-ring (bicyclic) bond motifs is 1. The van der Waals surface area contributed by atoms with Gasteiger partial charge in [0, 0.05) is 5.39 Å². The quantitative estimate of drug-likeness (QED) is 0.835. The zero-order chi connectivity index (χ0) is 17.9. The molecule has 0 bridgehead atoms. The van der Waals surface area contributed by atoms with Crippen LogP contribution >= 0.6 is 0 Å². The number of amides is 1. The van der Waals surface area contributed by atoms with Crippen LogP contribution < -0.4 is 10.1 Å². The number of ether oxygens (including phenoxy) is 1. The highest BCUT2D eigenvalue weighted by Crippen LogP contribution is 2.25. The predicted octanol–water partition coefficient (Wildman–Crippen LogP) is 2.96. The number of carbonyl (C=O) groups is 2. The number of pyridine rings is 1. The topological polar surface area (TPSA) is 112 Å². The Balaban J connectivity index is 2.51. The first kappa shape index (κ1) is 17.2. The van der Waals surface area contributed by atoms with Crippen molar-refractivity contribution in [2.45, 2.75) is 26.3 Å². The average molecular weight is 327 g/mol. The van der Waals surface area contributed by atoms with Crippen molar-refractivity contribution >= 4 is 23.0 Å². The number of aromatic nitrogens is 1. The van der Waals surface area contributed by atoms with Crippen molar-refractivity contribution in [2.75, 3.05) is 0 Å². The highest BCUT2D eigenvalue weighted by Gasteiger charge is 2.32. The molecule has 2 N–H and O–H groups in total. The Hall–Kier alpha value is -3.14. The van der Waals surface area contributed by atoms with Crippen molar-refractivity contribution in [2.24, 2.45) is 5.92 Å². The summed E-state index contributed by atoms with van der Waals surface area (Å²) in [5, 5.41) is 21.4. The Kier molecular flexibility index (Phi) is 4.69. The van der Waals surface area contributed by atoms with Crippen LogP contribution in [-0.2, 0) is 0 Å². The average Bonchev–Trinajstić information content (AvgIpc) is 2.53. The van der Waals surface area contributed by atoms with E-state index in [0.717, 1.165) is 0 Å². The molecular formula is C17H17N3O4. The van der Waals surface area contributed by atoms with Gasteiger partial charge in [0.2, 0.25) is 0 Å². The summed E-state index contributed by atoms with van der Waals surface area (Å²) in [7, 11) is 0. The lowest BCUT2D eigenvalue weighted by Gasteiger charge is -2.27. The lowest BCUT2D eigenvalue weighted by molar-refractivity contribution is 0.0898. The van der Waals surface area contributed by atoms with Gasteiger partial charge in [-0.3, -0.25) is 4.79 Å². The minimum Gasteiger partial charge on any atom is -0.449 e. The third kappa shape index (κ3) is 3.43. The number of para-hydroxylation sites is 1. The minimum atomic E-state index is -1.55. The van der Waals surface area contributed by atoms with Crippen molar-refractivity contribution in [1.82, 2.24) is 10.3 Å². The minimum absolute atomic E-state index is 0.157. The molecule has 124 valence electrons. The predicted molar refractivity (Wildman–Crippen MR) is 86.7 cm³/mol. The molecule has 1 aromatic carbocycles. The summed E-state index contributed by atoms with van der Waals surface area (Å²) >= 11 is 0. The van der Waals surface area contributed by atoms with E-state index in [0.29, 0.717) is 10.9 Å². The third-order valence-electron chi connectivity index (χ3n) is 3.86. The van der Waals surface area contributed by atoms with Gasteiger partial charge in [0.05, 0.1) is 11.6 Å². The largest absolute Gasteiger partial charge is 0.511 e. The van der Waals surface area contributed by atoms with Gasteiger partial charge in [-0.1, -0.05) is 32.0 Å². The number of nitrogens with one attached hydrogen (secondary N) is 1. The van der Waals surface area contributed by atoms with Crippen molar-refractivity contribution in [3.05, 3.63) is 36.0 Å². The second-order valence-corrected chi connectivity index (χ2v) is 5.82. The first-order valence-corrected chi connectivity index (χ1v) is 7.31. The fourth-order valence-electron chi connectivity index (χ4n) is 2.03. The molecule has 1 heterocycles. The lowest BCUT2D eigenvalue weighted by atomic mass is 9.90. The maximum absolute atomic E-state index is 12.6. The molecule has 1 amide bonds. The number of carboxylic acid groups (broad SMARTS) is 1. The molecule has 2 aromatic rings. The van der Waals surface area contributed by atoms with Gasteiger partial charge in [0.1, 0.15) is 5.54 Å². The van der Waals surface area contributed by atoms with Crippen molar-refractivity contribution in [3.63, 3.8) is 0 Å². The van der Waals surface area contributed by atoms with Gasteiger partial charge in [0.25, 0.3) is 5.91 Å². The van der Waals surface area contributed by atoms with E-state index in [1.807, 2.05) is 0 Å². The van der Waals surface area contributed by atoms with Crippen molar-refractivity contribution in [3.8, 4) is 11.8 Å². The standard InChI is InChI=1S/C17H17N3O4/c1-10(2)17(3,9-18)20-15(21)14-13(24-16(22)23)8-11-6-4-5-7-12(11)19-14/h4-8,10H,1-3H3,(H,20,21)(H,22,23). The highest BCUT2D eigenvalue weighted by atomic mass is 16.7. The Morgan fingerprint density at radius 3 is 2.62 bits per heavy atom. The van der Waals surface area contributed by atoms with Crippen molar-refractivity contribution in [1.29, 1.82) is 5.26 Å². The van der Waals surface area contributed by atoms with Crippen LogP contribution in [0.1, 0.15) is 31.3 Å². The Bertz CT molecular complexity index is 841. The molecular weight excluding hydrogens is 310 g/mol. The van der Waals surface area contributed by atoms with Crippen LogP contribution in [0.5, 0.6) is 5.75 Å². The third-order valence-corrected chi connectivity index (χ3v) is 3.86. The summed E-state index contributed by atoms with van der Waals surface area (Å²) in [6.07, 6.45) is -1.55. The molecule has 2 rings (SSSR count). The number of hydrogen-bond donors (Lipinski definition) is 2. The van der Waals surface area contributed by atoms with Crippen LogP contribution in [0.3, 0.4) is 0 Å². The molecule has 0 spiro atoms. The molecule has 0 aliphatic rings. The summed E-state index contributed by atoms with van der Waals surface area (Å²) in [6.45, 7) is 5.19. The van der Waals surface area contributed by atoms with Crippen LogP contribution in [0.25, 0.3) is 10.9 Å². The van der Waals surface area contributed by atoms with Gasteiger partial charge < -0.3 is 15.2 Å². The monoisotopic (exact) mass is 327 g/mol. The van der Waals surface area contributed by atoms with Crippen LogP contribution in [0.15, 0.2) is 30.3 Å². The van der Waals surface area contributed by atoms with E-state index in [1.54, 1.807) is 45.0 Å². The fourth-order valence-corrected chi connectivity index (χ4v) is 2.03. The highest BCUT2D eigenvalue weighted by molar-refractivity contribution is 5.99. The summed E-state index contributed by atoms with van der Waals surface area (Å²) in [4.78, 5) is 27.7. The summed E-state index contributed by atoms with van der Waals surface area (Å²) in [5.74, 6) is -1.01. The van der Waals surface area contributed by atoms with Crippen LogP contribution in [-0.4, -0.2) is 27.7 Å². The second kappa shape index (κ2) is 6.54. The normalized spacial score (nSPS) is 13.1. The van der Waals surface area contributed by atoms with Gasteiger partial charge in [-0.05, 0) is 25.0 Å². The lowest BCUT2D eigenvalue weighted by Crippen LogP contribution is -2.49. The summed E-state index contributed by atoms with van der Waals surface area (Å²) in [6, 6.07) is 10.4. The molecule has 0 aliphatic carbocycles. The van der Waals surface area contributed by atoms with Gasteiger partial charge >= 0.3 is 6.16 Å². The van der Waals surface area contributed by atoms with E-state index in [9.17, 15) is 14.9 Å². The molecule has 0 fully saturated rings. The number of hydrogen-bond acceptors (Lipinski definition) is 5. The molecule has 1 unspecified atom stereocenters. The number of carbonyl (C=O) groups excluding carboxylic acids is 1.